The first kappa shape index (κ1) is 10.5. The Kier molecular flexibility index (Phi) is 2.73. The molecule has 0 saturated heterocycles. The van der Waals surface area contributed by atoms with Crippen LogP contribution in [0.1, 0.15) is 38.1 Å². The third kappa shape index (κ3) is 2.34. The molecule has 0 radical (unpaired) electrons. The highest BCUT2D eigenvalue weighted by Gasteiger charge is 2.39. The summed E-state index contributed by atoms with van der Waals surface area (Å²) in [7, 11) is 0. The Bertz CT molecular complexity index is 374. The number of aromatic nitrogens is 2. The third-order valence-electron chi connectivity index (χ3n) is 2.61. The SMILES string of the molecule is CC(C)c1nnc(NC(=O)C2CC2C)s1. The van der Waals surface area contributed by atoms with Gasteiger partial charge in [-0.25, -0.2) is 0 Å². The summed E-state index contributed by atoms with van der Waals surface area (Å²) in [5, 5.41) is 12.4. The van der Waals surface area contributed by atoms with Crippen molar-refractivity contribution in [3.05, 3.63) is 5.01 Å². The highest BCUT2D eigenvalue weighted by atomic mass is 32.1. The minimum Gasteiger partial charge on any atom is -0.300 e. The van der Waals surface area contributed by atoms with Crippen LogP contribution in [0.4, 0.5) is 5.13 Å². The quantitative estimate of drug-likeness (QED) is 0.858. The molecule has 1 aromatic rings. The van der Waals surface area contributed by atoms with E-state index in [-0.39, 0.29) is 11.8 Å². The summed E-state index contributed by atoms with van der Waals surface area (Å²) in [6.07, 6.45) is 1.00. The Morgan fingerprint density at radius 3 is 2.67 bits per heavy atom. The number of nitrogens with one attached hydrogen (secondary N) is 1. The number of rotatable bonds is 3. The van der Waals surface area contributed by atoms with Crippen molar-refractivity contribution < 1.29 is 4.79 Å². The largest absolute Gasteiger partial charge is 0.300 e. The van der Waals surface area contributed by atoms with Crippen LogP contribution < -0.4 is 5.32 Å². The zero-order valence-corrected chi connectivity index (χ0v) is 9.97. The number of nitrogens with zero attached hydrogens (tertiary/aromatic N) is 2. The van der Waals surface area contributed by atoms with Crippen molar-refractivity contribution >= 4 is 22.4 Å². The second kappa shape index (κ2) is 3.89. The highest BCUT2D eigenvalue weighted by molar-refractivity contribution is 7.15. The van der Waals surface area contributed by atoms with Crippen LogP contribution in [0.15, 0.2) is 0 Å². The molecule has 4 nitrogen and oxygen atoms in total. The van der Waals surface area contributed by atoms with Crippen LogP contribution in [0.25, 0.3) is 0 Å². The molecule has 1 N–H and O–H groups in total. The molecular weight excluding hydrogens is 210 g/mol. The van der Waals surface area contributed by atoms with Crippen molar-refractivity contribution in [3.63, 3.8) is 0 Å². The smallest absolute Gasteiger partial charge is 0.229 e. The molecule has 1 fully saturated rings. The summed E-state index contributed by atoms with van der Waals surface area (Å²) in [6, 6.07) is 0. The minimum absolute atomic E-state index is 0.0916. The number of anilines is 1. The Balaban J connectivity index is 1.96. The molecule has 15 heavy (non-hydrogen) atoms. The lowest BCUT2D eigenvalue weighted by molar-refractivity contribution is -0.117. The molecule has 82 valence electrons. The van der Waals surface area contributed by atoms with Gasteiger partial charge in [0.25, 0.3) is 0 Å². The first-order valence-electron chi connectivity index (χ1n) is 5.22. The maximum atomic E-state index is 11.6. The number of carbonyl (C=O) groups excluding carboxylic acids is 1. The van der Waals surface area contributed by atoms with Gasteiger partial charge >= 0.3 is 0 Å². The monoisotopic (exact) mass is 225 g/mol. The van der Waals surface area contributed by atoms with Crippen LogP contribution in [0.5, 0.6) is 0 Å². The van der Waals surface area contributed by atoms with E-state index in [0.717, 1.165) is 11.4 Å². The molecule has 2 rings (SSSR count). The van der Waals surface area contributed by atoms with Crippen LogP contribution >= 0.6 is 11.3 Å². The Hall–Kier alpha value is -0.970. The fourth-order valence-corrected chi connectivity index (χ4v) is 2.15. The van der Waals surface area contributed by atoms with E-state index in [4.69, 9.17) is 0 Å². The lowest BCUT2D eigenvalue weighted by atomic mass is 10.2. The van der Waals surface area contributed by atoms with E-state index < -0.39 is 0 Å². The summed E-state index contributed by atoms with van der Waals surface area (Å²) in [6.45, 7) is 6.22. The van der Waals surface area contributed by atoms with Crippen molar-refractivity contribution in [2.45, 2.75) is 33.1 Å². The van der Waals surface area contributed by atoms with Crippen LogP contribution in [-0.2, 0) is 4.79 Å². The molecule has 1 aliphatic rings. The first-order valence-corrected chi connectivity index (χ1v) is 6.04. The fourth-order valence-electron chi connectivity index (χ4n) is 1.40. The van der Waals surface area contributed by atoms with Crippen molar-refractivity contribution in [1.29, 1.82) is 0 Å². The molecule has 1 amide bonds. The minimum atomic E-state index is 0.0916. The van der Waals surface area contributed by atoms with Crippen molar-refractivity contribution in [1.82, 2.24) is 10.2 Å². The average molecular weight is 225 g/mol. The molecule has 0 aromatic carbocycles. The Morgan fingerprint density at radius 1 is 1.53 bits per heavy atom. The van der Waals surface area contributed by atoms with Crippen LogP contribution in [0, 0.1) is 11.8 Å². The second-order valence-electron chi connectivity index (χ2n) is 4.41. The normalized spacial score (nSPS) is 24.3. The third-order valence-corrected chi connectivity index (χ3v) is 3.75. The van der Waals surface area contributed by atoms with E-state index in [9.17, 15) is 4.79 Å². The molecule has 1 saturated carbocycles. The molecule has 0 bridgehead atoms. The maximum Gasteiger partial charge on any atom is 0.229 e. The maximum absolute atomic E-state index is 11.6. The summed E-state index contributed by atoms with van der Waals surface area (Å²) < 4.78 is 0. The lowest BCUT2D eigenvalue weighted by Crippen LogP contribution is -2.14. The van der Waals surface area contributed by atoms with E-state index in [2.05, 4.69) is 36.3 Å². The van der Waals surface area contributed by atoms with Crippen molar-refractivity contribution in [2.24, 2.45) is 11.8 Å². The van der Waals surface area contributed by atoms with Crippen LogP contribution in [-0.4, -0.2) is 16.1 Å². The van der Waals surface area contributed by atoms with Gasteiger partial charge in [0.05, 0.1) is 0 Å². The number of hydrogen-bond acceptors (Lipinski definition) is 4. The van der Waals surface area contributed by atoms with E-state index >= 15 is 0 Å². The van der Waals surface area contributed by atoms with Gasteiger partial charge in [-0.3, -0.25) is 4.79 Å². The molecule has 0 spiro atoms. The van der Waals surface area contributed by atoms with Gasteiger partial charge in [-0.05, 0) is 12.3 Å². The van der Waals surface area contributed by atoms with Crippen molar-refractivity contribution in [3.8, 4) is 0 Å². The molecule has 1 aliphatic carbocycles. The fraction of sp³-hybridized carbons (Fsp3) is 0.700. The zero-order valence-electron chi connectivity index (χ0n) is 9.15. The zero-order chi connectivity index (χ0) is 11.0. The lowest BCUT2D eigenvalue weighted by Gasteiger charge is -1.98. The van der Waals surface area contributed by atoms with Crippen LogP contribution in [0.2, 0.25) is 0 Å². The second-order valence-corrected chi connectivity index (χ2v) is 5.42. The molecule has 1 aromatic heterocycles. The van der Waals surface area contributed by atoms with Gasteiger partial charge in [-0.2, -0.15) is 0 Å². The number of carbonyl (C=O) groups is 1. The standard InChI is InChI=1S/C10H15N3OS/c1-5(2)9-12-13-10(15-9)11-8(14)7-4-6(7)3/h5-7H,4H2,1-3H3,(H,11,13,14). The molecule has 2 unspecified atom stereocenters. The highest BCUT2D eigenvalue weighted by Crippen LogP contribution is 2.38. The van der Waals surface area contributed by atoms with E-state index in [0.29, 0.717) is 17.0 Å². The van der Waals surface area contributed by atoms with Gasteiger partial charge in [-0.1, -0.05) is 32.1 Å². The summed E-state index contributed by atoms with van der Waals surface area (Å²) in [4.78, 5) is 11.6. The Labute approximate surface area is 93.1 Å². The topological polar surface area (TPSA) is 54.9 Å². The van der Waals surface area contributed by atoms with Gasteiger partial charge < -0.3 is 5.32 Å². The molecule has 2 atom stereocenters. The van der Waals surface area contributed by atoms with Gasteiger partial charge in [0.2, 0.25) is 11.0 Å². The average Bonchev–Trinajstić information content (AvgIpc) is 2.73. The number of amides is 1. The molecular formula is C10H15N3OS. The van der Waals surface area contributed by atoms with E-state index in [1.54, 1.807) is 0 Å². The number of hydrogen-bond donors (Lipinski definition) is 1. The summed E-state index contributed by atoms with van der Waals surface area (Å²) >= 11 is 1.46. The first-order chi connectivity index (χ1) is 7.08. The molecule has 1 heterocycles. The molecule has 5 heteroatoms. The van der Waals surface area contributed by atoms with Gasteiger partial charge in [0, 0.05) is 11.8 Å². The van der Waals surface area contributed by atoms with E-state index in [1.165, 1.54) is 11.3 Å². The predicted octanol–water partition coefficient (Wildman–Crippen LogP) is 2.26. The van der Waals surface area contributed by atoms with Crippen molar-refractivity contribution in [2.75, 3.05) is 5.32 Å². The summed E-state index contributed by atoms with van der Waals surface area (Å²) in [5.74, 6) is 1.18. The predicted molar refractivity (Wildman–Crippen MR) is 59.9 cm³/mol. The van der Waals surface area contributed by atoms with Gasteiger partial charge in [0.15, 0.2) is 0 Å². The molecule has 0 aliphatic heterocycles. The van der Waals surface area contributed by atoms with Gasteiger partial charge in [-0.15, -0.1) is 10.2 Å². The van der Waals surface area contributed by atoms with Crippen LogP contribution in [0.3, 0.4) is 0 Å². The Morgan fingerprint density at radius 2 is 2.20 bits per heavy atom. The summed E-state index contributed by atoms with van der Waals surface area (Å²) in [5.41, 5.74) is 0. The van der Waals surface area contributed by atoms with E-state index in [1.807, 2.05) is 0 Å². The van der Waals surface area contributed by atoms with Gasteiger partial charge in [0.1, 0.15) is 5.01 Å².